The van der Waals surface area contributed by atoms with Crippen LogP contribution in [-0.4, -0.2) is 31.3 Å². The molecule has 4 heterocycles. The van der Waals surface area contributed by atoms with Crippen LogP contribution in [0.4, 0.5) is 0 Å². The number of fused-ring (bicyclic) bond motifs is 2. The Morgan fingerprint density at radius 1 is 1.11 bits per heavy atom. The molecule has 1 aliphatic rings. The molecule has 1 aliphatic carbocycles. The van der Waals surface area contributed by atoms with E-state index < -0.39 is 0 Å². The topological polar surface area (TPSA) is 46.3 Å². The van der Waals surface area contributed by atoms with Crippen molar-refractivity contribution in [2.45, 2.75) is 31.8 Å². The van der Waals surface area contributed by atoms with Gasteiger partial charge in [-0.05, 0) is 62.2 Å². The van der Waals surface area contributed by atoms with Crippen LogP contribution in [0.2, 0.25) is 0 Å². The molecule has 0 aromatic carbocycles. The van der Waals surface area contributed by atoms with Gasteiger partial charge in [0.1, 0.15) is 5.65 Å². The van der Waals surface area contributed by atoms with Crippen molar-refractivity contribution in [1.29, 1.82) is 0 Å². The van der Waals surface area contributed by atoms with E-state index in [1.165, 1.54) is 17.7 Å². The summed E-state index contributed by atoms with van der Waals surface area (Å²) in [5.41, 5.74) is 6.85. The second-order valence-electron chi connectivity index (χ2n) is 7.45. The summed E-state index contributed by atoms with van der Waals surface area (Å²) >= 11 is 0. The largest absolute Gasteiger partial charge is 0.299 e. The van der Waals surface area contributed by atoms with Crippen LogP contribution < -0.4 is 0 Å². The molecule has 28 heavy (non-hydrogen) atoms. The average molecular weight is 369 g/mol. The summed E-state index contributed by atoms with van der Waals surface area (Å²) in [6.45, 7) is 0.770. The molecule has 0 radical (unpaired) electrons. The molecule has 140 valence electrons. The first kappa shape index (κ1) is 17.1. The maximum absolute atomic E-state index is 4.95. The van der Waals surface area contributed by atoms with Gasteiger partial charge in [-0.25, -0.2) is 4.98 Å². The highest BCUT2D eigenvalue weighted by atomic mass is 15.2. The van der Waals surface area contributed by atoms with E-state index in [-0.39, 0.29) is 0 Å². The quantitative estimate of drug-likeness (QED) is 0.538. The monoisotopic (exact) mass is 369 g/mol. The Balaban J connectivity index is 1.54. The van der Waals surface area contributed by atoms with Gasteiger partial charge >= 0.3 is 0 Å². The number of nitrogens with zero attached hydrogens (tertiary/aromatic N) is 5. The molecule has 0 spiro atoms. The molecular formula is C23H23N5. The van der Waals surface area contributed by atoms with Crippen LogP contribution in [-0.2, 0) is 13.0 Å². The van der Waals surface area contributed by atoms with Gasteiger partial charge in [-0.3, -0.25) is 19.3 Å². The molecule has 1 atom stereocenters. The lowest BCUT2D eigenvalue weighted by molar-refractivity contribution is 0.207. The number of aromatic nitrogens is 4. The summed E-state index contributed by atoms with van der Waals surface area (Å²) in [6.07, 6.45) is 11.2. The second-order valence-corrected chi connectivity index (χ2v) is 7.45. The summed E-state index contributed by atoms with van der Waals surface area (Å²) in [5.74, 6) is 0. The maximum atomic E-state index is 4.95. The van der Waals surface area contributed by atoms with Gasteiger partial charge in [0.25, 0.3) is 0 Å². The first-order valence-corrected chi connectivity index (χ1v) is 9.81. The fraction of sp³-hybridized carbons (Fsp3) is 0.261. The van der Waals surface area contributed by atoms with Gasteiger partial charge in [0.05, 0.1) is 23.1 Å². The molecule has 0 saturated heterocycles. The molecule has 5 heteroatoms. The van der Waals surface area contributed by atoms with E-state index in [1.54, 1.807) is 0 Å². The molecule has 0 N–H and O–H groups in total. The summed E-state index contributed by atoms with van der Waals surface area (Å²) in [6, 6.07) is 14.8. The van der Waals surface area contributed by atoms with Crippen LogP contribution in [0, 0.1) is 0 Å². The van der Waals surface area contributed by atoms with Crippen molar-refractivity contribution < 1.29 is 0 Å². The van der Waals surface area contributed by atoms with Crippen LogP contribution in [0.3, 0.4) is 0 Å². The van der Waals surface area contributed by atoms with Crippen molar-refractivity contribution in [1.82, 2.24) is 24.3 Å². The molecule has 0 saturated carbocycles. The Morgan fingerprint density at radius 2 is 2.04 bits per heavy atom. The fourth-order valence-electron chi connectivity index (χ4n) is 4.32. The minimum absolute atomic E-state index is 0.330. The zero-order valence-electron chi connectivity index (χ0n) is 16.0. The number of aryl methyl sites for hydroxylation is 1. The zero-order chi connectivity index (χ0) is 18.9. The van der Waals surface area contributed by atoms with Gasteiger partial charge in [-0.1, -0.05) is 12.1 Å². The number of pyridine rings is 3. The van der Waals surface area contributed by atoms with Crippen LogP contribution in [0.25, 0.3) is 16.9 Å². The van der Waals surface area contributed by atoms with Gasteiger partial charge in [0, 0.05) is 36.9 Å². The summed E-state index contributed by atoms with van der Waals surface area (Å²) in [4.78, 5) is 16.4. The lowest BCUT2D eigenvalue weighted by Gasteiger charge is -2.32. The van der Waals surface area contributed by atoms with Crippen molar-refractivity contribution in [2.75, 3.05) is 7.05 Å². The van der Waals surface area contributed by atoms with Crippen LogP contribution >= 0.6 is 0 Å². The minimum Gasteiger partial charge on any atom is -0.299 e. The third kappa shape index (κ3) is 2.98. The smallest absolute Gasteiger partial charge is 0.137 e. The predicted molar refractivity (Wildman–Crippen MR) is 110 cm³/mol. The van der Waals surface area contributed by atoms with Gasteiger partial charge in [0.2, 0.25) is 0 Å². The van der Waals surface area contributed by atoms with Crippen LogP contribution in [0.15, 0.2) is 67.3 Å². The summed E-state index contributed by atoms with van der Waals surface area (Å²) in [5, 5.41) is 0. The first-order chi connectivity index (χ1) is 13.8. The standard InChI is InChI=1S/C23H23N5/c1-27(20-10-4-7-17-8-6-13-25-22(17)20)16-19-23(18-9-5-12-24-15-18)28-14-3-2-11-21(28)26-19/h2-3,5-6,8-9,11-15,20H,4,7,10,16H2,1H3/t20-/m0/s1. The minimum atomic E-state index is 0.330. The Morgan fingerprint density at radius 3 is 2.93 bits per heavy atom. The number of imidazole rings is 1. The second kappa shape index (κ2) is 7.17. The Labute approximate surface area is 164 Å². The lowest BCUT2D eigenvalue weighted by Crippen LogP contribution is -2.28. The van der Waals surface area contributed by atoms with Crippen molar-refractivity contribution in [3.05, 3.63) is 84.2 Å². The average Bonchev–Trinajstić information content (AvgIpc) is 3.11. The molecule has 0 unspecified atom stereocenters. The SMILES string of the molecule is CN(Cc1nc2ccccn2c1-c1cccnc1)[C@H]1CCCc2cccnc21. The highest BCUT2D eigenvalue weighted by molar-refractivity contribution is 5.66. The maximum Gasteiger partial charge on any atom is 0.137 e. The van der Waals surface area contributed by atoms with Crippen LogP contribution in [0.1, 0.15) is 35.8 Å². The van der Waals surface area contributed by atoms with Gasteiger partial charge < -0.3 is 0 Å². The number of hydrogen-bond donors (Lipinski definition) is 0. The van der Waals surface area contributed by atoms with Gasteiger partial charge in [0.15, 0.2) is 0 Å². The van der Waals surface area contributed by atoms with Crippen LogP contribution in [0.5, 0.6) is 0 Å². The predicted octanol–water partition coefficient (Wildman–Crippen LogP) is 4.30. The molecule has 5 nitrogen and oxygen atoms in total. The highest BCUT2D eigenvalue weighted by Crippen LogP contribution is 2.34. The van der Waals surface area contributed by atoms with Gasteiger partial charge in [-0.2, -0.15) is 0 Å². The molecular weight excluding hydrogens is 346 g/mol. The molecule has 0 bridgehead atoms. The van der Waals surface area contributed by atoms with E-state index in [0.29, 0.717) is 6.04 Å². The summed E-state index contributed by atoms with van der Waals surface area (Å²) < 4.78 is 2.16. The van der Waals surface area contributed by atoms with Gasteiger partial charge in [-0.15, -0.1) is 0 Å². The number of rotatable bonds is 4. The van der Waals surface area contributed by atoms with E-state index in [2.05, 4.69) is 45.7 Å². The van der Waals surface area contributed by atoms with E-state index in [0.717, 1.165) is 42.0 Å². The fourth-order valence-corrected chi connectivity index (χ4v) is 4.32. The molecule has 0 fully saturated rings. The first-order valence-electron chi connectivity index (χ1n) is 9.81. The van der Waals surface area contributed by atoms with Crippen molar-refractivity contribution in [2.24, 2.45) is 0 Å². The van der Waals surface area contributed by atoms with Crippen molar-refractivity contribution in [3.8, 4) is 11.3 Å². The lowest BCUT2D eigenvalue weighted by atomic mass is 9.91. The molecule has 0 aliphatic heterocycles. The Bertz CT molecular complexity index is 1100. The van der Waals surface area contributed by atoms with E-state index in [9.17, 15) is 0 Å². The van der Waals surface area contributed by atoms with E-state index >= 15 is 0 Å². The van der Waals surface area contributed by atoms with E-state index in [4.69, 9.17) is 9.97 Å². The number of hydrogen-bond acceptors (Lipinski definition) is 4. The Hall–Kier alpha value is -3.05. The van der Waals surface area contributed by atoms with Crippen molar-refractivity contribution in [3.63, 3.8) is 0 Å². The molecule has 4 aromatic rings. The zero-order valence-corrected chi connectivity index (χ0v) is 16.0. The van der Waals surface area contributed by atoms with Crippen molar-refractivity contribution >= 4 is 5.65 Å². The van der Waals surface area contributed by atoms with E-state index in [1.807, 2.05) is 42.9 Å². The molecule has 5 rings (SSSR count). The normalized spacial score (nSPS) is 16.4. The molecule has 0 amide bonds. The third-order valence-electron chi connectivity index (χ3n) is 5.63. The molecule has 4 aromatic heterocycles. The third-order valence-corrected chi connectivity index (χ3v) is 5.63. The summed E-state index contributed by atoms with van der Waals surface area (Å²) in [7, 11) is 2.19. The highest BCUT2D eigenvalue weighted by Gasteiger charge is 2.26. The Kier molecular flexibility index (Phi) is 4.37.